The molecule has 0 aromatic heterocycles. The molecule has 0 aromatic rings. The zero-order valence-corrected chi connectivity index (χ0v) is 31.4. The van der Waals surface area contributed by atoms with Crippen LogP contribution in [0.15, 0.2) is 0 Å². The molecule has 0 heterocycles. The fourth-order valence-corrected chi connectivity index (χ4v) is 40.4. The quantitative estimate of drug-likeness (QED) is 0.238. The van der Waals surface area contributed by atoms with Crippen molar-refractivity contribution in [3.63, 3.8) is 0 Å². The van der Waals surface area contributed by atoms with E-state index in [1.54, 1.807) is 193 Å². The van der Waals surface area contributed by atoms with Gasteiger partial charge in [-0.05, 0) is 0 Å². The first-order chi connectivity index (χ1) is 18.9. The van der Waals surface area contributed by atoms with Gasteiger partial charge in [0.1, 0.15) is 0 Å². The Morgan fingerprint density at radius 2 is 0.316 bits per heavy atom. The summed E-state index contributed by atoms with van der Waals surface area (Å²) in [5, 5.41) is 0. The Kier molecular flexibility index (Phi) is 14.4. The van der Waals surface area contributed by atoms with Crippen LogP contribution in [-0.2, 0) is 0 Å². The molecule has 0 saturated heterocycles. The molecule has 2 heteroatoms. The van der Waals surface area contributed by atoms with Crippen LogP contribution < -0.4 is 0 Å². The second-order valence-corrected chi connectivity index (χ2v) is 34.7. The molecule has 6 aliphatic carbocycles. The molecular formula is C36H66Sn2. The molecule has 0 aliphatic heterocycles. The van der Waals surface area contributed by atoms with Crippen LogP contribution in [0.2, 0.25) is 23.6 Å². The molecule has 0 aromatic carbocycles. The van der Waals surface area contributed by atoms with Gasteiger partial charge in [-0.1, -0.05) is 0 Å². The van der Waals surface area contributed by atoms with Crippen LogP contribution in [0.1, 0.15) is 193 Å². The molecule has 2 radical (unpaired) electrons. The maximum atomic E-state index is 1.67. The fourth-order valence-electron chi connectivity index (χ4n) is 10.6. The van der Waals surface area contributed by atoms with Gasteiger partial charge < -0.3 is 0 Å². The molecule has 0 atom stereocenters. The van der Waals surface area contributed by atoms with Gasteiger partial charge in [-0.25, -0.2) is 0 Å². The average molecular weight is 736 g/mol. The third kappa shape index (κ3) is 9.30. The second-order valence-electron chi connectivity index (χ2n) is 15.0. The molecular weight excluding hydrogens is 670 g/mol. The van der Waals surface area contributed by atoms with Gasteiger partial charge in [-0.2, -0.15) is 0 Å². The molecule has 0 spiro atoms. The Hall–Kier alpha value is 1.60. The molecule has 0 unspecified atom stereocenters. The third-order valence-corrected chi connectivity index (χ3v) is 38.5. The van der Waals surface area contributed by atoms with Crippen molar-refractivity contribution in [1.29, 1.82) is 0 Å². The number of hydrogen-bond acceptors (Lipinski definition) is 0. The van der Waals surface area contributed by atoms with Gasteiger partial charge in [0.25, 0.3) is 0 Å². The van der Waals surface area contributed by atoms with E-state index in [9.17, 15) is 0 Å². The molecule has 6 saturated carbocycles. The van der Waals surface area contributed by atoms with Gasteiger partial charge in [0.15, 0.2) is 0 Å². The standard InChI is InChI=1S/6C6H11.2Sn/c6*1-2-4-6-5-3-1;;/h6*1H,2-6H2;;. The fraction of sp³-hybridized carbons (Fsp3) is 1.00. The normalized spacial score (nSPS) is 28.9. The molecule has 6 aliphatic rings. The van der Waals surface area contributed by atoms with Gasteiger partial charge >= 0.3 is 256 Å². The van der Waals surface area contributed by atoms with Crippen molar-refractivity contribution in [2.75, 3.05) is 0 Å². The van der Waals surface area contributed by atoms with E-state index in [0.717, 1.165) is 0 Å². The van der Waals surface area contributed by atoms with E-state index in [0.29, 0.717) is 0 Å². The van der Waals surface area contributed by atoms with Crippen LogP contribution in [0.4, 0.5) is 0 Å². The Morgan fingerprint density at radius 1 is 0.184 bits per heavy atom. The van der Waals surface area contributed by atoms with Gasteiger partial charge in [-0.15, -0.1) is 0 Å². The summed E-state index contributed by atoms with van der Waals surface area (Å²) in [5.41, 5.74) is 0. The predicted octanol–water partition coefficient (Wildman–Crippen LogP) is 13.0. The maximum absolute atomic E-state index is 1.67. The first kappa shape index (κ1) is 31.0. The molecule has 6 fully saturated rings. The Bertz CT molecular complexity index is 457. The van der Waals surface area contributed by atoms with Crippen LogP contribution in [0.25, 0.3) is 0 Å². The van der Waals surface area contributed by atoms with Crippen LogP contribution in [0, 0.1) is 0 Å². The van der Waals surface area contributed by atoms with Crippen molar-refractivity contribution >= 4 is 39.5 Å². The van der Waals surface area contributed by atoms with Crippen molar-refractivity contribution in [2.24, 2.45) is 0 Å². The van der Waals surface area contributed by atoms with Crippen LogP contribution >= 0.6 is 0 Å². The van der Waals surface area contributed by atoms with Crippen molar-refractivity contribution in [3.05, 3.63) is 0 Å². The summed E-state index contributed by atoms with van der Waals surface area (Å²) in [6, 6.07) is 0. The summed E-state index contributed by atoms with van der Waals surface area (Å²) in [7, 11) is 0. The molecule has 0 amide bonds. The topological polar surface area (TPSA) is 0 Å². The summed E-state index contributed by atoms with van der Waals surface area (Å²) in [6.07, 6.45) is 48.5. The minimum atomic E-state index is -1.15. The molecule has 6 rings (SSSR count). The number of hydrogen-bond donors (Lipinski definition) is 0. The van der Waals surface area contributed by atoms with E-state index in [-0.39, 0.29) is 0 Å². The van der Waals surface area contributed by atoms with E-state index in [4.69, 9.17) is 0 Å². The van der Waals surface area contributed by atoms with Gasteiger partial charge in [0, 0.05) is 0 Å². The van der Waals surface area contributed by atoms with Crippen molar-refractivity contribution < 1.29 is 0 Å². The minimum absolute atomic E-state index is 1.15. The SMILES string of the molecule is C1CC[CH]([Sn]([CH]2CCCCC2)[CH]2CCCCC2)CC1.C1CC[CH]([Sn]([CH]2CCCCC2)[CH]2CCCCC2)CC1. The van der Waals surface area contributed by atoms with Crippen molar-refractivity contribution in [3.8, 4) is 0 Å². The van der Waals surface area contributed by atoms with Crippen LogP contribution in [0.3, 0.4) is 0 Å². The van der Waals surface area contributed by atoms with Crippen LogP contribution in [-0.4, -0.2) is 39.5 Å². The molecule has 38 heavy (non-hydrogen) atoms. The first-order valence-electron chi connectivity index (χ1n) is 18.6. The monoisotopic (exact) mass is 738 g/mol. The second kappa shape index (κ2) is 17.7. The summed E-state index contributed by atoms with van der Waals surface area (Å²) in [5.74, 6) is 0. The molecule has 0 bridgehead atoms. The third-order valence-electron chi connectivity index (χ3n) is 12.5. The van der Waals surface area contributed by atoms with E-state index in [1.807, 2.05) is 0 Å². The number of rotatable bonds is 6. The molecule has 0 N–H and O–H groups in total. The van der Waals surface area contributed by atoms with Gasteiger partial charge in [0.2, 0.25) is 0 Å². The molecule has 0 nitrogen and oxygen atoms in total. The first-order valence-corrected chi connectivity index (χ1v) is 28.5. The Balaban J connectivity index is 0.000000155. The van der Waals surface area contributed by atoms with Crippen LogP contribution in [0.5, 0.6) is 0 Å². The zero-order chi connectivity index (χ0) is 25.8. The van der Waals surface area contributed by atoms with Crippen molar-refractivity contribution in [2.45, 2.75) is 216 Å². The van der Waals surface area contributed by atoms with Gasteiger partial charge in [-0.3, -0.25) is 0 Å². The van der Waals surface area contributed by atoms with Gasteiger partial charge in [0.05, 0.1) is 0 Å². The summed E-state index contributed by atoms with van der Waals surface area (Å²) < 4.78 is 7.93. The Morgan fingerprint density at radius 3 is 0.447 bits per heavy atom. The summed E-state index contributed by atoms with van der Waals surface area (Å²) in [4.78, 5) is 0. The molecule has 218 valence electrons. The Labute approximate surface area is 253 Å². The summed E-state index contributed by atoms with van der Waals surface area (Å²) in [6.45, 7) is 0. The van der Waals surface area contributed by atoms with E-state index in [1.165, 1.54) is 23.6 Å². The average Bonchev–Trinajstić information content (AvgIpc) is 3.01. The summed E-state index contributed by atoms with van der Waals surface area (Å²) >= 11 is -2.30. The van der Waals surface area contributed by atoms with Crippen molar-refractivity contribution in [1.82, 2.24) is 0 Å². The van der Waals surface area contributed by atoms with E-state index < -0.39 is 39.5 Å². The van der Waals surface area contributed by atoms with E-state index in [2.05, 4.69) is 0 Å². The zero-order valence-electron chi connectivity index (χ0n) is 25.7. The van der Waals surface area contributed by atoms with E-state index >= 15 is 0 Å². The predicted molar refractivity (Wildman–Crippen MR) is 173 cm³/mol.